The van der Waals surface area contributed by atoms with E-state index in [1.54, 1.807) is 0 Å². The third kappa shape index (κ3) is 5.85. The highest BCUT2D eigenvalue weighted by Gasteiger charge is 2.24. The molecule has 1 aromatic rings. The first-order chi connectivity index (χ1) is 12.8. The number of esters is 1. The molecule has 1 saturated heterocycles. The molecule has 0 aliphatic carbocycles. The van der Waals surface area contributed by atoms with Crippen LogP contribution in [0.25, 0.3) is 0 Å². The first-order valence-electron chi connectivity index (χ1n) is 8.36. The fourth-order valence-electron chi connectivity index (χ4n) is 2.82. The summed E-state index contributed by atoms with van der Waals surface area (Å²) in [6, 6.07) is 2.96. The topological polar surface area (TPSA) is 128 Å². The molecule has 154 valence electrons. The fraction of sp³-hybridized carbons (Fsp3) is 0.421. The van der Waals surface area contributed by atoms with Crippen molar-refractivity contribution in [3.8, 4) is 0 Å². The number of rotatable bonds is 7. The van der Waals surface area contributed by atoms with Crippen molar-refractivity contribution in [3.05, 3.63) is 46.7 Å². The molecule has 7 nitrogen and oxygen atoms in total. The van der Waals surface area contributed by atoms with Gasteiger partial charge in [0.15, 0.2) is 6.61 Å². The number of Topliss-reactive ketones (excluding diaryl/α,β-unsaturated/α-hetero) is 1. The molecule has 5 N–H and O–H groups in total. The van der Waals surface area contributed by atoms with Gasteiger partial charge in [0.05, 0.1) is 5.56 Å². The van der Waals surface area contributed by atoms with Gasteiger partial charge >= 0.3 is 5.97 Å². The number of benzene rings is 1. The molecule has 9 heteroatoms. The van der Waals surface area contributed by atoms with Crippen LogP contribution in [-0.2, 0) is 14.3 Å². The van der Waals surface area contributed by atoms with Crippen molar-refractivity contribution in [2.24, 2.45) is 17.4 Å². The standard InChI is InChI=1S/C18H21F2N3O4.CH4/c19-11-2-1-3-12(20)15(11)14(24)9-27-18(25)16(17(22)23)13(21)8-10-4-6-26-7-5-10;/h1-3,10H,4-9,21H2,(H3,22,23);1H4. The van der Waals surface area contributed by atoms with E-state index in [4.69, 9.17) is 26.4 Å². The van der Waals surface area contributed by atoms with E-state index in [0.717, 1.165) is 31.0 Å². The summed E-state index contributed by atoms with van der Waals surface area (Å²) >= 11 is 0. The van der Waals surface area contributed by atoms with Crippen LogP contribution in [0.5, 0.6) is 0 Å². The van der Waals surface area contributed by atoms with E-state index in [0.29, 0.717) is 19.6 Å². The van der Waals surface area contributed by atoms with Crippen molar-refractivity contribution in [1.82, 2.24) is 0 Å². The predicted octanol–water partition coefficient (Wildman–Crippen LogP) is 2.29. The van der Waals surface area contributed by atoms with Crippen LogP contribution < -0.4 is 11.5 Å². The van der Waals surface area contributed by atoms with Crippen LogP contribution in [0.1, 0.15) is 37.0 Å². The van der Waals surface area contributed by atoms with E-state index < -0.39 is 41.4 Å². The van der Waals surface area contributed by atoms with Gasteiger partial charge in [0.2, 0.25) is 5.78 Å². The summed E-state index contributed by atoms with van der Waals surface area (Å²) in [5.41, 5.74) is 10.3. The lowest BCUT2D eigenvalue weighted by molar-refractivity contribution is -0.137. The average Bonchev–Trinajstić information content (AvgIpc) is 2.60. The molecule has 0 radical (unpaired) electrons. The molecule has 0 spiro atoms. The molecule has 0 aromatic heterocycles. The Bertz CT molecular complexity index is 754. The Hall–Kier alpha value is -2.81. The predicted molar refractivity (Wildman–Crippen MR) is 99.7 cm³/mol. The Kier molecular flexibility index (Phi) is 8.72. The largest absolute Gasteiger partial charge is 0.454 e. The lowest BCUT2D eigenvalue weighted by atomic mass is 9.93. The van der Waals surface area contributed by atoms with Gasteiger partial charge in [-0.1, -0.05) is 13.5 Å². The van der Waals surface area contributed by atoms with Crippen molar-refractivity contribution in [2.45, 2.75) is 26.7 Å². The molecule has 1 aliphatic heterocycles. The van der Waals surface area contributed by atoms with E-state index in [1.165, 1.54) is 0 Å². The van der Waals surface area contributed by atoms with Crippen molar-refractivity contribution in [1.29, 1.82) is 5.41 Å². The lowest BCUT2D eigenvalue weighted by Crippen LogP contribution is -2.29. The Morgan fingerprint density at radius 3 is 2.29 bits per heavy atom. The van der Waals surface area contributed by atoms with Gasteiger partial charge in [-0.25, -0.2) is 13.6 Å². The Morgan fingerprint density at radius 1 is 1.18 bits per heavy atom. The first-order valence-corrected chi connectivity index (χ1v) is 8.36. The third-order valence-electron chi connectivity index (χ3n) is 4.22. The quantitative estimate of drug-likeness (QED) is 0.213. The SMILES string of the molecule is C.N=C(N)C(C(=O)OCC(=O)c1c(F)cccc1F)=C(N)CC1CCOCC1. The molecule has 2 rings (SSSR count). The van der Waals surface area contributed by atoms with Crippen LogP contribution in [0, 0.1) is 23.0 Å². The summed E-state index contributed by atoms with van der Waals surface area (Å²) in [4.78, 5) is 24.2. The van der Waals surface area contributed by atoms with Gasteiger partial charge in [0, 0.05) is 18.9 Å². The van der Waals surface area contributed by atoms with E-state index in [1.807, 2.05) is 0 Å². The summed E-state index contributed by atoms with van der Waals surface area (Å²) in [6.07, 6.45) is 1.83. The number of halogens is 2. The highest BCUT2D eigenvalue weighted by atomic mass is 19.1. The summed E-state index contributed by atoms with van der Waals surface area (Å²) in [7, 11) is 0. The van der Waals surface area contributed by atoms with Gasteiger partial charge in [-0.05, 0) is 37.3 Å². The molecule has 0 saturated carbocycles. The van der Waals surface area contributed by atoms with E-state index in [9.17, 15) is 18.4 Å². The number of nitrogens with two attached hydrogens (primary N) is 2. The van der Waals surface area contributed by atoms with Crippen molar-refractivity contribution in [3.63, 3.8) is 0 Å². The van der Waals surface area contributed by atoms with Crippen LogP contribution in [0.4, 0.5) is 8.78 Å². The fourth-order valence-corrected chi connectivity index (χ4v) is 2.82. The Morgan fingerprint density at radius 2 is 1.75 bits per heavy atom. The average molecular weight is 397 g/mol. The van der Waals surface area contributed by atoms with Gasteiger partial charge in [-0.15, -0.1) is 0 Å². The summed E-state index contributed by atoms with van der Waals surface area (Å²) < 4.78 is 37.3. The van der Waals surface area contributed by atoms with Crippen molar-refractivity contribution in [2.75, 3.05) is 19.8 Å². The molecular weight excluding hydrogens is 372 g/mol. The van der Waals surface area contributed by atoms with Crippen LogP contribution in [0.15, 0.2) is 29.5 Å². The number of allylic oxidation sites excluding steroid dienone is 1. The number of hydrogen-bond donors (Lipinski definition) is 3. The van der Waals surface area contributed by atoms with Crippen LogP contribution in [0.2, 0.25) is 0 Å². The maximum absolute atomic E-state index is 13.6. The summed E-state index contributed by atoms with van der Waals surface area (Å²) in [5.74, 6) is -4.68. The van der Waals surface area contributed by atoms with Gasteiger partial charge in [-0.2, -0.15) is 0 Å². The van der Waals surface area contributed by atoms with Gasteiger partial charge in [0.25, 0.3) is 0 Å². The van der Waals surface area contributed by atoms with Crippen LogP contribution >= 0.6 is 0 Å². The Balaban J connectivity index is 0.00000392. The number of carbonyl (C=O) groups excluding carboxylic acids is 2. The maximum atomic E-state index is 13.6. The minimum absolute atomic E-state index is 0. The molecule has 1 heterocycles. The minimum atomic E-state index is -1.09. The van der Waals surface area contributed by atoms with E-state index >= 15 is 0 Å². The minimum Gasteiger partial charge on any atom is -0.454 e. The zero-order valence-corrected chi connectivity index (χ0v) is 14.6. The number of hydrogen-bond acceptors (Lipinski definition) is 6. The molecule has 28 heavy (non-hydrogen) atoms. The molecule has 1 aromatic carbocycles. The van der Waals surface area contributed by atoms with E-state index in [2.05, 4.69) is 0 Å². The van der Waals surface area contributed by atoms with Crippen molar-refractivity contribution < 1.29 is 27.8 Å². The lowest BCUT2D eigenvalue weighted by Gasteiger charge is -2.22. The number of ether oxygens (including phenoxy) is 2. The molecule has 0 bridgehead atoms. The molecule has 0 atom stereocenters. The van der Waals surface area contributed by atoms with Gasteiger partial charge in [-0.3, -0.25) is 10.2 Å². The third-order valence-corrected chi connectivity index (χ3v) is 4.22. The van der Waals surface area contributed by atoms with Crippen molar-refractivity contribution >= 4 is 17.6 Å². The molecule has 0 amide bonds. The zero-order valence-electron chi connectivity index (χ0n) is 14.6. The molecular formula is C19H25F2N3O4. The second-order valence-corrected chi connectivity index (χ2v) is 6.17. The summed E-state index contributed by atoms with van der Waals surface area (Å²) in [5, 5.41) is 7.56. The first kappa shape index (κ1) is 23.2. The number of ketones is 1. The Labute approximate surface area is 162 Å². The molecule has 0 unspecified atom stereocenters. The highest BCUT2D eigenvalue weighted by Crippen LogP contribution is 2.22. The molecule has 1 fully saturated rings. The molecule has 1 aliphatic rings. The maximum Gasteiger partial charge on any atom is 0.344 e. The van der Waals surface area contributed by atoms with Crippen LogP contribution in [-0.4, -0.2) is 37.4 Å². The summed E-state index contributed by atoms with van der Waals surface area (Å²) in [6.45, 7) is 0.263. The van der Waals surface area contributed by atoms with Gasteiger partial charge in [0.1, 0.15) is 23.0 Å². The zero-order chi connectivity index (χ0) is 20.0. The van der Waals surface area contributed by atoms with Gasteiger partial charge < -0.3 is 20.9 Å². The number of nitrogens with one attached hydrogen (secondary N) is 1. The highest BCUT2D eigenvalue weighted by molar-refractivity contribution is 6.17. The monoisotopic (exact) mass is 397 g/mol. The normalized spacial score (nSPS) is 15.2. The number of amidine groups is 1. The smallest absolute Gasteiger partial charge is 0.344 e. The number of carbonyl (C=O) groups is 2. The second-order valence-electron chi connectivity index (χ2n) is 6.17. The van der Waals surface area contributed by atoms with Crippen LogP contribution in [0.3, 0.4) is 0 Å². The second kappa shape index (κ2) is 10.5. The van der Waals surface area contributed by atoms with E-state index in [-0.39, 0.29) is 24.6 Å².